The second kappa shape index (κ2) is 9.30. The van der Waals surface area contributed by atoms with Crippen LogP contribution in [0, 0.1) is 11.6 Å². The van der Waals surface area contributed by atoms with E-state index >= 15 is 0 Å². The third-order valence-electron chi connectivity index (χ3n) is 2.94. The molecule has 0 fully saturated rings. The van der Waals surface area contributed by atoms with Gasteiger partial charge in [-0.15, -0.1) is 0 Å². The van der Waals surface area contributed by atoms with E-state index in [0.29, 0.717) is 6.07 Å². The highest BCUT2D eigenvalue weighted by Crippen LogP contribution is 2.09. The number of rotatable bonds is 7. The largest absolute Gasteiger partial charge is 0.453 e. The van der Waals surface area contributed by atoms with E-state index in [1.807, 2.05) is 0 Å². The van der Waals surface area contributed by atoms with Crippen LogP contribution in [0.3, 0.4) is 0 Å². The summed E-state index contributed by atoms with van der Waals surface area (Å²) in [6.07, 6.45) is -1.17. The van der Waals surface area contributed by atoms with E-state index in [4.69, 9.17) is 10.5 Å². The number of ether oxygens (including phenoxy) is 1. The van der Waals surface area contributed by atoms with Gasteiger partial charge in [0, 0.05) is 19.0 Å². The first-order valence-electron chi connectivity index (χ1n) is 7.23. The zero-order valence-electron chi connectivity index (χ0n) is 13.3. The SMILES string of the molecule is CC(OC(=O)CCCNC(=O)c1ccc(F)cc1F)C(=O)NC(N)=O. The highest BCUT2D eigenvalue weighted by molar-refractivity contribution is 5.96. The van der Waals surface area contributed by atoms with Gasteiger partial charge in [-0.05, 0) is 25.5 Å². The number of carbonyl (C=O) groups excluding carboxylic acids is 4. The van der Waals surface area contributed by atoms with Crippen molar-refractivity contribution in [1.29, 1.82) is 0 Å². The van der Waals surface area contributed by atoms with Gasteiger partial charge in [0.2, 0.25) is 0 Å². The summed E-state index contributed by atoms with van der Waals surface area (Å²) in [6.45, 7) is 1.29. The fourth-order valence-corrected chi connectivity index (χ4v) is 1.74. The van der Waals surface area contributed by atoms with Gasteiger partial charge < -0.3 is 15.8 Å². The molecule has 0 aromatic heterocycles. The molecule has 0 heterocycles. The van der Waals surface area contributed by atoms with E-state index in [-0.39, 0.29) is 24.9 Å². The van der Waals surface area contributed by atoms with Crippen LogP contribution >= 0.6 is 0 Å². The molecule has 0 aliphatic rings. The lowest BCUT2D eigenvalue weighted by Gasteiger charge is -2.12. The van der Waals surface area contributed by atoms with Crippen molar-refractivity contribution in [2.45, 2.75) is 25.9 Å². The molecule has 4 amide bonds. The number of urea groups is 1. The number of nitrogens with one attached hydrogen (secondary N) is 2. The lowest BCUT2D eigenvalue weighted by atomic mass is 10.2. The number of esters is 1. The first-order chi connectivity index (χ1) is 11.7. The standard InChI is InChI=1S/C15H17F2N3O5/c1-8(13(22)20-15(18)24)25-12(21)3-2-6-19-14(23)10-5-4-9(16)7-11(10)17/h4-5,7-8H,2-3,6H2,1H3,(H,19,23)(H3,18,20,22,24). The predicted octanol–water partition coefficient (Wildman–Crippen LogP) is 0.601. The van der Waals surface area contributed by atoms with Crippen molar-refractivity contribution in [2.75, 3.05) is 6.54 Å². The first kappa shape index (κ1) is 20.0. The summed E-state index contributed by atoms with van der Waals surface area (Å²) in [6, 6.07) is 1.48. The summed E-state index contributed by atoms with van der Waals surface area (Å²) < 4.78 is 30.9. The van der Waals surface area contributed by atoms with Crippen LogP contribution in [0.15, 0.2) is 18.2 Å². The van der Waals surface area contributed by atoms with Crippen LogP contribution in [0.5, 0.6) is 0 Å². The Balaban J connectivity index is 2.32. The fourth-order valence-electron chi connectivity index (χ4n) is 1.74. The van der Waals surface area contributed by atoms with Gasteiger partial charge in [0.05, 0.1) is 5.56 Å². The van der Waals surface area contributed by atoms with Crippen LogP contribution in [0.25, 0.3) is 0 Å². The summed E-state index contributed by atoms with van der Waals surface area (Å²) in [4.78, 5) is 45.0. The number of carbonyl (C=O) groups is 4. The third kappa shape index (κ3) is 6.94. The van der Waals surface area contributed by atoms with E-state index in [1.54, 1.807) is 5.32 Å². The number of hydrogen-bond donors (Lipinski definition) is 3. The van der Waals surface area contributed by atoms with Crippen molar-refractivity contribution in [3.8, 4) is 0 Å². The fraction of sp³-hybridized carbons (Fsp3) is 0.333. The van der Waals surface area contributed by atoms with Crippen LogP contribution in [-0.2, 0) is 14.3 Å². The van der Waals surface area contributed by atoms with Gasteiger partial charge in [0.1, 0.15) is 11.6 Å². The van der Waals surface area contributed by atoms with Gasteiger partial charge in [-0.3, -0.25) is 19.7 Å². The summed E-state index contributed by atoms with van der Waals surface area (Å²) >= 11 is 0. The molecule has 1 atom stereocenters. The monoisotopic (exact) mass is 357 g/mol. The molecule has 0 aliphatic heterocycles. The van der Waals surface area contributed by atoms with Crippen LogP contribution in [0.1, 0.15) is 30.1 Å². The maximum absolute atomic E-state index is 13.4. The minimum absolute atomic E-state index is 0.0343. The Morgan fingerprint density at radius 2 is 1.92 bits per heavy atom. The Morgan fingerprint density at radius 1 is 1.24 bits per heavy atom. The molecule has 0 saturated heterocycles. The van der Waals surface area contributed by atoms with Crippen LogP contribution in [-0.4, -0.2) is 36.5 Å². The molecule has 0 saturated carbocycles. The number of halogens is 2. The van der Waals surface area contributed by atoms with Crippen molar-refractivity contribution in [1.82, 2.24) is 10.6 Å². The van der Waals surface area contributed by atoms with Crippen molar-refractivity contribution in [3.63, 3.8) is 0 Å². The molecule has 1 unspecified atom stereocenters. The lowest BCUT2D eigenvalue weighted by Crippen LogP contribution is -2.42. The van der Waals surface area contributed by atoms with Crippen molar-refractivity contribution in [3.05, 3.63) is 35.4 Å². The Bertz CT molecular complexity index is 681. The van der Waals surface area contributed by atoms with Crippen LogP contribution in [0.4, 0.5) is 13.6 Å². The summed E-state index contributed by atoms with van der Waals surface area (Å²) in [5.74, 6) is -4.13. The third-order valence-corrected chi connectivity index (χ3v) is 2.94. The molecule has 8 nitrogen and oxygen atoms in total. The minimum atomic E-state index is -1.21. The molecule has 25 heavy (non-hydrogen) atoms. The quantitative estimate of drug-likeness (QED) is 0.486. The molecule has 10 heteroatoms. The van der Waals surface area contributed by atoms with Crippen molar-refractivity contribution < 1.29 is 32.7 Å². The van der Waals surface area contributed by atoms with Crippen LogP contribution in [0.2, 0.25) is 0 Å². The molecule has 1 aromatic rings. The van der Waals surface area contributed by atoms with E-state index < -0.39 is 41.6 Å². The lowest BCUT2D eigenvalue weighted by molar-refractivity contribution is -0.154. The summed E-state index contributed by atoms with van der Waals surface area (Å²) in [5.41, 5.74) is 4.44. The van der Waals surface area contributed by atoms with Crippen molar-refractivity contribution >= 4 is 23.8 Å². The van der Waals surface area contributed by atoms with Gasteiger partial charge in [-0.1, -0.05) is 0 Å². The molecule has 0 radical (unpaired) electrons. The first-order valence-corrected chi connectivity index (χ1v) is 7.23. The maximum Gasteiger partial charge on any atom is 0.318 e. The van der Waals surface area contributed by atoms with E-state index in [0.717, 1.165) is 12.1 Å². The number of amides is 4. The van der Waals surface area contributed by atoms with Gasteiger partial charge in [-0.2, -0.15) is 0 Å². The van der Waals surface area contributed by atoms with E-state index in [2.05, 4.69) is 5.32 Å². The second-order valence-electron chi connectivity index (χ2n) is 4.97. The molecule has 0 aliphatic carbocycles. The van der Waals surface area contributed by atoms with Gasteiger partial charge in [0.15, 0.2) is 6.10 Å². The average molecular weight is 357 g/mol. The Morgan fingerprint density at radius 3 is 2.52 bits per heavy atom. The van der Waals surface area contributed by atoms with Crippen LogP contribution < -0.4 is 16.4 Å². The molecular weight excluding hydrogens is 340 g/mol. The number of primary amides is 1. The smallest absolute Gasteiger partial charge is 0.318 e. The number of nitrogens with two attached hydrogens (primary N) is 1. The molecular formula is C15H17F2N3O5. The minimum Gasteiger partial charge on any atom is -0.453 e. The Labute approximate surface area is 141 Å². The maximum atomic E-state index is 13.4. The van der Waals surface area contributed by atoms with E-state index in [9.17, 15) is 28.0 Å². The van der Waals surface area contributed by atoms with Crippen molar-refractivity contribution in [2.24, 2.45) is 5.73 Å². The highest BCUT2D eigenvalue weighted by Gasteiger charge is 2.19. The average Bonchev–Trinajstić information content (AvgIpc) is 2.50. The Kier molecular flexibility index (Phi) is 7.44. The summed E-state index contributed by atoms with van der Waals surface area (Å²) in [5, 5.41) is 4.13. The topological polar surface area (TPSA) is 128 Å². The number of imide groups is 1. The second-order valence-corrected chi connectivity index (χ2v) is 4.97. The van der Waals surface area contributed by atoms with E-state index in [1.165, 1.54) is 6.92 Å². The zero-order valence-corrected chi connectivity index (χ0v) is 13.3. The Hall–Kier alpha value is -3.04. The highest BCUT2D eigenvalue weighted by atomic mass is 19.1. The molecule has 136 valence electrons. The normalized spacial score (nSPS) is 11.3. The molecule has 1 rings (SSSR count). The number of benzene rings is 1. The number of hydrogen-bond acceptors (Lipinski definition) is 5. The molecule has 0 bridgehead atoms. The predicted molar refractivity (Wildman–Crippen MR) is 81.2 cm³/mol. The zero-order chi connectivity index (χ0) is 19.0. The summed E-state index contributed by atoms with van der Waals surface area (Å²) in [7, 11) is 0. The molecule has 0 spiro atoms. The molecule has 4 N–H and O–H groups in total. The molecule has 1 aromatic carbocycles. The van der Waals surface area contributed by atoms with Gasteiger partial charge in [-0.25, -0.2) is 13.6 Å². The van der Waals surface area contributed by atoms with Gasteiger partial charge >= 0.3 is 12.0 Å². The van der Waals surface area contributed by atoms with Gasteiger partial charge in [0.25, 0.3) is 11.8 Å².